The first-order valence-electron chi connectivity index (χ1n) is 8.90. The number of unbranched alkanes of at least 4 members (excludes halogenated alkanes) is 3. The highest BCUT2D eigenvalue weighted by Gasteiger charge is 2.09. The summed E-state index contributed by atoms with van der Waals surface area (Å²) in [5.74, 6) is -1.02. The molecule has 2 rings (SSSR count). The molecule has 2 aromatic rings. The highest BCUT2D eigenvalue weighted by atomic mass is 16.7. The highest BCUT2D eigenvalue weighted by molar-refractivity contribution is 5.90. The van der Waals surface area contributed by atoms with E-state index in [0.29, 0.717) is 12.8 Å². The minimum atomic E-state index is -0.652. The van der Waals surface area contributed by atoms with Crippen molar-refractivity contribution in [1.29, 1.82) is 0 Å². The molecule has 0 spiro atoms. The van der Waals surface area contributed by atoms with Crippen LogP contribution in [0.1, 0.15) is 48.9 Å². The van der Waals surface area contributed by atoms with Crippen LogP contribution in [0, 0.1) is 0 Å². The summed E-state index contributed by atoms with van der Waals surface area (Å²) in [6.07, 6.45) is 6.71. The molecule has 7 nitrogen and oxygen atoms in total. The van der Waals surface area contributed by atoms with Crippen LogP contribution in [0.15, 0.2) is 54.9 Å². The fraction of sp³-hybridized carbons (Fsp3) is 0.300. The van der Waals surface area contributed by atoms with E-state index >= 15 is 0 Å². The quantitative estimate of drug-likeness (QED) is 0.522. The number of carbonyl (C=O) groups excluding carboxylic acids is 3. The van der Waals surface area contributed by atoms with E-state index in [1.807, 2.05) is 30.3 Å². The van der Waals surface area contributed by atoms with E-state index < -0.39 is 5.97 Å². The average Bonchev–Trinajstić information content (AvgIpc) is 2.70. The third kappa shape index (κ3) is 8.13. The van der Waals surface area contributed by atoms with E-state index in [1.165, 1.54) is 6.20 Å². The molecule has 7 heteroatoms. The summed E-state index contributed by atoms with van der Waals surface area (Å²) in [6, 6.07) is 12.5. The second-order valence-corrected chi connectivity index (χ2v) is 5.98. The average molecular weight is 369 g/mol. The van der Waals surface area contributed by atoms with Crippen molar-refractivity contribution in [2.24, 2.45) is 0 Å². The Morgan fingerprint density at radius 1 is 0.852 bits per heavy atom. The Morgan fingerprint density at radius 2 is 1.56 bits per heavy atom. The molecule has 142 valence electrons. The first-order chi connectivity index (χ1) is 13.1. The first kappa shape index (κ1) is 20.1. The number of hydrogen-bond acceptors (Lipinski definition) is 5. The summed E-state index contributed by atoms with van der Waals surface area (Å²) in [7, 11) is 0. The second-order valence-electron chi connectivity index (χ2n) is 5.98. The van der Waals surface area contributed by atoms with Gasteiger partial charge < -0.3 is 10.2 Å². The van der Waals surface area contributed by atoms with Gasteiger partial charge in [0.15, 0.2) is 0 Å². The second kappa shape index (κ2) is 11.4. The molecule has 0 aliphatic rings. The monoisotopic (exact) mass is 369 g/mol. The van der Waals surface area contributed by atoms with Crippen molar-refractivity contribution in [1.82, 2.24) is 10.5 Å². The topological polar surface area (TPSA) is 97.4 Å². The zero-order valence-electron chi connectivity index (χ0n) is 15.0. The number of rotatable bonds is 9. The molecule has 2 amide bonds. The van der Waals surface area contributed by atoms with Gasteiger partial charge in [0.05, 0.1) is 5.56 Å². The first-order valence-corrected chi connectivity index (χ1v) is 8.90. The molecule has 0 radical (unpaired) electrons. The summed E-state index contributed by atoms with van der Waals surface area (Å²) < 4.78 is 0. The number of amides is 2. The Hall–Kier alpha value is -3.22. The lowest BCUT2D eigenvalue weighted by atomic mass is 10.1. The predicted octanol–water partition coefficient (Wildman–Crippen LogP) is 3.25. The maximum Gasteiger partial charge on any atom is 0.364 e. The van der Waals surface area contributed by atoms with E-state index in [9.17, 15) is 14.4 Å². The number of aromatic nitrogens is 1. The van der Waals surface area contributed by atoms with Gasteiger partial charge in [0.25, 0.3) is 5.91 Å². The van der Waals surface area contributed by atoms with Gasteiger partial charge in [-0.3, -0.25) is 14.6 Å². The molecule has 0 fully saturated rings. The Morgan fingerprint density at radius 3 is 2.22 bits per heavy atom. The van der Waals surface area contributed by atoms with Gasteiger partial charge in [0.2, 0.25) is 5.91 Å². The number of hydroxylamine groups is 1. The maximum atomic E-state index is 11.8. The van der Waals surface area contributed by atoms with Crippen LogP contribution in [-0.2, 0) is 14.4 Å². The minimum Gasteiger partial charge on any atom is -0.335 e. The summed E-state index contributed by atoms with van der Waals surface area (Å²) in [6.45, 7) is 0. The van der Waals surface area contributed by atoms with E-state index in [4.69, 9.17) is 4.84 Å². The van der Waals surface area contributed by atoms with Crippen molar-refractivity contribution in [2.75, 3.05) is 5.32 Å². The third-order valence-electron chi connectivity index (χ3n) is 3.77. The van der Waals surface area contributed by atoms with Crippen molar-refractivity contribution in [3.63, 3.8) is 0 Å². The van der Waals surface area contributed by atoms with E-state index in [0.717, 1.165) is 24.9 Å². The van der Waals surface area contributed by atoms with Crippen molar-refractivity contribution in [3.8, 4) is 0 Å². The molecule has 0 aliphatic carbocycles. The van der Waals surface area contributed by atoms with Gasteiger partial charge >= 0.3 is 5.97 Å². The smallest absolute Gasteiger partial charge is 0.335 e. The van der Waals surface area contributed by atoms with Crippen LogP contribution >= 0.6 is 0 Å². The molecule has 0 atom stereocenters. The van der Waals surface area contributed by atoms with E-state index in [1.54, 1.807) is 18.3 Å². The molecule has 1 aromatic heterocycles. The molecule has 0 saturated carbocycles. The van der Waals surface area contributed by atoms with Crippen LogP contribution in [0.25, 0.3) is 0 Å². The van der Waals surface area contributed by atoms with Gasteiger partial charge in [0, 0.05) is 30.9 Å². The Balaban J connectivity index is 1.49. The molecular formula is C20H23N3O4. The molecule has 1 heterocycles. The van der Waals surface area contributed by atoms with E-state index in [2.05, 4.69) is 15.8 Å². The Kier molecular flexibility index (Phi) is 8.49. The lowest BCUT2D eigenvalue weighted by Crippen LogP contribution is -2.26. The number of nitrogens with one attached hydrogen (secondary N) is 2. The van der Waals surface area contributed by atoms with Crippen molar-refractivity contribution in [2.45, 2.75) is 38.5 Å². The molecule has 0 bridgehead atoms. The van der Waals surface area contributed by atoms with Crippen molar-refractivity contribution in [3.05, 3.63) is 60.4 Å². The SMILES string of the molecule is O=C(CCCCCCC(=O)Nc1ccccc1)NOC(=O)c1cccnc1. The third-order valence-corrected chi connectivity index (χ3v) is 3.77. The summed E-state index contributed by atoms with van der Waals surface area (Å²) in [4.78, 5) is 43.6. The summed E-state index contributed by atoms with van der Waals surface area (Å²) >= 11 is 0. The number of carbonyl (C=O) groups is 3. The normalized spacial score (nSPS) is 10.1. The molecule has 0 unspecified atom stereocenters. The standard InChI is InChI=1S/C20H23N3O4/c24-18(22-17-10-4-3-5-11-17)12-6-1-2-7-13-19(25)23-27-20(26)16-9-8-14-21-15-16/h3-5,8-11,14-15H,1-2,6-7,12-13H2,(H,22,24)(H,23,25). The lowest BCUT2D eigenvalue weighted by molar-refractivity contribution is -0.130. The van der Waals surface area contributed by atoms with Gasteiger partial charge in [-0.1, -0.05) is 31.0 Å². The number of pyridine rings is 1. The number of para-hydroxylation sites is 1. The largest absolute Gasteiger partial charge is 0.364 e. The highest BCUT2D eigenvalue weighted by Crippen LogP contribution is 2.09. The van der Waals surface area contributed by atoms with Gasteiger partial charge in [-0.05, 0) is 37.1 Å². The Labute approximate surface area is 158 Å². The predicted molar refractivity (Wildman–Crippen MR) is 101 cm³/mol. The maximum absolute atomic E-state index is 11.8. The molecule has 0 aliphatic heterocycles. The van der Waals surface area contributed by atoms with Crippen LogP contribution in [0.4, 0.5) is 5.69 Å². The van der Waals surface area contributed by atoms with Crippen LogP contribution in [-0.4, -0.2) is 22.8 Å². The molecule has 27 heavy (non-hydrogen) atoms. The van der Waals surface area contributed by atoms with Crippen molar-refractivity contribution < 1.29 is 19.2 Å². The van der Waals surface area contributed by atoms with Crippen molar-refractivity contribution >= 4 is 23.5 Å². The van der Waals surface area contributed by atoms with Gasteiger partial charge in [-0.2, -0.15) is 5.48 Å². The van der Waals surface area contributed by atoms with Gasteiger partial charge in [-0.15, -0.1) is 0 Å². The molecule has 2 N–H and O–H groups in total. The zero-order valence-corrected chi connectivity index (χ0v) is 15.0. The fourth-order valence-corrected chi connectivity index (χ4v) is 2.37. The molecular weight excluding hydrogens is 346 g/mol. The van der Waals surface area contributed by atoms with Crippen LogP contribution in [0.3, 0.4) is 0 Å². The number of nitrogens with zero attached hydrogens (tertiary/aromatic N) is 1. The molecule has 1 aromatic carbocycles. The van der Waals surface area contributed by atoms with Gasteiger partial charge in [-0.25, -0.2) is 4.79 Å². The van der Waals surface area contributed by atoms with Crippen LogP contribution in [0.2, 0.25) is 0 Å². The minimum absolute atomic E-state index is 0.0127. The number of benzene rings is 1. The zero-order chi connectivity index (χ0) is 19.3. The fourth-order valence-electron chi connectivity index (χ4n) is 2.37. The number of hydrogen-bond donors (Lipinski definition) is 2. The van der Waals surface area contributed by atoms with E-state index in [-0.39, 0.29) is 23.8 Å². The lowest BCUT2D eigenvalue weighted by Gasteiger charge is -2.06. The summed E-state index contributed by atoms with van der Waals surface area (Å²) in [5.41, 5.74) is 3.20. The van der Waals surface area contributed by atoms with Crippen LogP contribution in [0.5, 0.6) is 0 Å². The Bertz CT molecular complexity index is 735. The van der Waals surface area contributed by atoms with Gasteiger partial charge in [0.1, 0.15) is 0 Å². The molecule has 0 saturated heterocycles. The van der Waals surface area contributed by atoms with Crippen LogP contribution < -0.4 is 10.8 Å². The summed E-state index contributed by atoms with van der Waals surface area (Å²) in [5, 5.41) is 2.84. The number of anilines is 1.